The van der Waals surface area contributed by atoms with Crippen LogP contribution in [0.4, 0.5) is 5.69 Å². The Morgan fingerprint density at radius 1 is 0.854 bits per heavy atom. The largest absolute Gasteiger partial charge is 0.456 e. The summed E-state index contributed by atoms with van der Waals surface area (Å²) < 4.78 is 9.06. The fraction of sp³-hybridized carbons (Fsp3) is 0.278. The molecule has 1 aliphatic carbocycles. The number of aromatic nitrogens is 1. The molecule has 210 valence electrons. The molecule has 2 heterocycles. The zero-order valence-corrected chi connectivity index (χ0v) is 25.0. The van der Waals surface area contributed by atoms with Crippen LogP contribution in [0.15, 0.2) is 96.2 Å². The Bertz CT molecular complexity index is 1690. The van der Waals surface area contributed by atoms with Gasteiger partial charge in [-0.2, -0.15) is 0 Å². The number of nitrogens with zero attached hydrogens (tertiary/aromatic N) is 4. The zero-order chi connectivity index (χ0) is 28.9. The van der Waals surface area contributed by atoms with E-state index in [0.717, 1.165) is 71.8 Å². The van der Waals surface area contributed by atoms with Crippen LogP contribution in [0.2, 0.25) is 0 Å². The van der Waals surface area contributed by atoms with E-state index in [-0.39, 0.29) is 0 Å². The van der Waals surface area contributed by atoms with Gasteiger partial charge in [-0.15, -0.1) is 0 Å². The quantitative estimate of drug-likeness (QED) is 0.136. The maximum Gasteiger partial charge on any atom is 0.203 e. The lowest BCUT2D eigenvalue weighted by Crippen LogP contribution is -2.29. The summed E-state index contributed by atoms with van der Waals surface area (Å²) >= 11 is 0. The smallest absolute Gasteiger partial charge is 0.203 e. The van der Waals surface area contributed by atoms with E-state index in [1.165, 1.54) is 22.2 Å². The van der Waals surface area contributed by atoms with E-state index in [1.807, 2.05) is 12.4 Å². The highest BCUT2D eigenvalue weighted by atomic mass is 16.3. The fourth-order valence-electron chi connectivity index (χ4n) is 5.74. The Labute approximate surface area is 244 Å². The maximum atomic E-state index is 6.70. The number of hydrogen-bond donors (Lipinski definition) is 0. The van der Waals surface area contributed by atoms with Crippen LogP contribution in [0.5, 0.6) is 0 Å². The molecular weight excluding hydrogens is 504 g/mol. The fourth-order valence-corrected chi connectivity index (χ4v) is 5.74. The van der Waals surface area contributed by atoms with E-state index in [9.17, 15) is 0 Å². The third kappa shape index (κ3) is 5.62. The number of pyridine rings is 1. The van der Waals surface area contributed by atoms with Crippen molar-refractivity contribution in [2.75, 3.05) is 38.1 Å². The summed E-state index contributed by atoms with van der Waals surface area (Å²) in [5.74, 6) is 0.888. The van der Waals surface area contributed by atoms with Crippen molar-refractivity contribution >= 4 is 22.4 Å². The standard InChI is InChI=1S/C36H41N4O/c1-7-39(8-2)28-15-17-32-34(23-28)41-35-24-29(40(9-3)10-4)16-18-33(35)36(32)31-14-12-11-13-30(31)26(5)38(6)25-27-19-21-37-22-20-27/h11-24H,5,7-10,25H2,1-4,6H3/q+1. The van der Waals surface area contributed by atoms with Gasteiger partial charge in [0.05, 0.1) is 6.07 Å². The summed E-state index contributed by atoms with van der Waals surface area (Å²) in [7, 11) is 2.10. The lowest BCUT2D eigenvalue weighted by atomic mass is 9.89. The van der Waals surface area contributed by atoms with Crippen LogP contribution in [0.25, 0.3) is 39.1 Å². The van der Waals surface area contributed by atoms with Gasteiger partial charge in [0.1, 0.15) is 24.4 Å². The first-order valence-corrected chi connectivity index (χ1v) is 14.7. The van der Waals surface area contributed by atoms with Crippen molar-refractivity contribution in [3.05, 3.63) is 108 Å². The lowest BCUT2D eigenvalue weighted by molar-refractivity contribution is 0.476. The first-order valence-electron chi connectivity index (χ1n) is 14.7. The minimum absolute atomic E-state index is 0.752. The first-order chi connectivity index (χ1) is 20.0. The number of hydrogen-bond acceptors (Lipinski definition) is 4. The molecule has 0 fully saturated rings. The molecule has 0 unspecified atom stereocenters. The second-order valence-electron chi connectivity index (χ2n) is 10.4. The van der Waals surface area contributed by atoms with Gasteiger partial charge in [0, 0.05) is 84.7 Å². The minimum Gasteiger partial charge on any atom is -0.456 e. The first kappa shape index (κ1) is 28.2. The molecule has 5 nitrogen and oxygen atoms in total. The summed E-state index contributed by atoms with van der Waals surface area (Å²) in [6, 6.07) is 26.0. The monoisotopic (exact) mass is 545 g/mol. The molecule has 0 radical (unpaired) electrons. The van der Waals surface area contributed by atoms with Crippen LogP contribution < -0.4 is 14.8 Å². The van der Waals surface area contributed by atoms with Crippen molar-refractivity contribution in [2.24, 2.45) is 0 Å². The molecule has 0 amide bonds. The Hall–Kier alpha value is -4.38. The predicted octanol–water partition coefficient (Wildman–Crippen LogP) is 7.36. The van der Waals surface area contributed by atoms with Crippen LogP contribution in [-0.4, -0.2) is 43.1 Å². The molecule has 1 aliphatic heterocycles. The highest BCUT2D eigenvalue weighted by Gasteiger charge is 2.22. The highest BCUT2D eigenvalue weighted by molar-refractivity contribution is 6.04. The Balaban J connectivity index is 1.74. The predicted molar refractivity (Wildman–Crippen MR) is 173 cm³/mol. The molecule has 3 aromatic rings. The summed E-state index contributed by atoms with van der Waals surface area (Å²) in [6.07, 6.45) is 3.68. The molecule has 0 atom stereocenters. The van der Waals surface area contributed by atoms with E-state index in [4.69, 9.17) is 4.42 Å². The van der Waals surface area contributed by atoms with Gasteiger partial charge in [0.25, 0.3) is 0 Å². The van der Waals surface area contributed by atoms with Crippen molar-refractivity contribution in [2.45, 2.75) is 34.2 Å². The van der Waals surface area contributed by atoms with E-state index in [1.54, 1.807) is 0 Å². The van der Waals surface area contributed by atoms with Gasteiger partial charge in [-0.3, -0.25) is 4.98 Å². The second-order valence-corrected chi connectivity index (χ2v) is 10.4. The topological polar surface area (TPSA) is 35.5 Å². The molecular formula is C36H41N4O+. The van der Waals surface area contributed by atoms with E-state index in [0.29, 0.717) is 0 Å². The SMILES string of the molecule is C=C(c1ccccc1-c1c2ccc(=[N+](CC)CC)cc-2oc2cc(N(CC)CC)ccc12)N(C)Cc1ccncc1. The number of benzene rings is 3. The average Bonchev–Trinajstić information content (AvgIpc) is 3.01. The van der Waals surface area contributed by atoms with Crippen LogP contribution in [-0.2, 0) is 6.54 Å². The minimum atomic E-state index is 0.752. The molecule has 5 heteroatoms. The molecule has 41 heavy (non-hydrogen) atoms. The lowest BCUT2D eigenvalue weighted by Gasteiger charge is -2.26. The molecule has 0 spiro atoms. The van der Waals surface area contributed by atoms with Gasteiger partial charge in [-0.1, -0.05) is 30.8 Å². The summed E-state index contributed by atoms with van der Waals surface area (Å²) in [4.78, 5) is 8.73. The molecule has 1 aromatic heterocycles. The van der Waals surface area contributed by atoms with Gasteiger partial charge in [-0.05, 0) is 69.2 Å². The van der Waals surface area contributed by atoms with Gasteiger partial charge >= 0.3 is 0 Å². The number of anilines is 1. The maximum absolute atomic E-state index is 6.70. The van der Waals surface area contributed by atoms with Crippen molar-refractivity contribution in [3.63, 3.8) is 0 Å². The van der Waals surface area contributed by atoms with Crippen LogP contribution >= 0.6 is 0 Å². The van der Waals surface area contributed by atoms with Crippen molar-refractivity contribution in [3.8, 4) is 22.5 Å². The third-order valence-electron chi connectivity index (χ3n) is 8.08. The van der Waals surface area contributed by atoms with Crippen molar-refractivity contribution in [1.82, 2.24) is 14.5 Å². The second kappa shape index (κ2) is 12.4. The Morgan fingerprint density at radius 2 is 1.59 bits per heavy atom. The highest BCUT2D eigenvalue weighted by Crippen LogP contribution is 2.43. The Kier molecular flexibility index (Phi) is 8.53. The molecule has 0 bridgehead atoms. The van der Waals surface area contributed by atoms with Crippen LogP contribution in [0, 0.1) is 0 Å². The summed E-state index contributed by atoms with van der Waals surface area (Å²) in [6.45, 7) is 17.9. The van der Waals surface area contributed by atoms with E-state index in [2.05, 4.69) is 133 Å². The van der Waals surface area contributed by atoms with Gasteiger partial charge in [-0.25, -0.2) is 4.58 Å². The normalized spacial score (nSPS) is 11.1. The van der Waals surface area contributed by atoms with Crippen molar-refractivity contribution < 1.29 is 4.42 Å². The summed E-state index contributed by atoms with van der Waals surface area (Å²) in [5.41, 5.74) is 8.76. The molecule has 5 rings (SSSR count). The van der Waals surface area contributed by atoms with Crippen molar-refractivity contribution in [1.29, 1.82) is 0 Å². The average molecular weight is 546 g/mol. The van der Waals surface area contributed by atoms with E-state index < -0.39 is 0 Å². The number of rotatable bonds is 10. The molecule has 0 saturated heterocycles. The summed E-state index contributed by atoms with van der Waals surface area (Å²) in [5, 5.41) is 2.27. The zero-order valence-electron chi connectivity index (χ0n) is 25.0. The molecule has 2 aliphatic rings. The van der Waals surface area contributed by atoms with E-state index >= 15 is 0 Å². The molecule has 0 N–H and O–H groups in total. The van der Waals surface area contributed by atoms with Crippen LogP contribution in [0.3, 0.4) is 0 Å². The number of fused-ring (bicyclic) bond motifs is 2. The third-order valence-corrected chi connectivity index (χ3v) is 8.08. The molecule has 0 saturated carbocycles. The Morgan fingerprint density at radius 3 is 2.29 bits per heavy atom. The van der Waals surface area contributed by atoms with Crippen LogP contribution in [0.1, 0.15) is 38.8 Å². The van der Waals surface area contributed by atoms with Gasteiger partial charge < -0.3 is 14.2 Å². The van der Waals surface area contributed by atoms with Gasteiger partial charge in [0.2, 0.25) is 5.36 Å². The van der Waals surface area contributed by atoms with Gasteiger partial charge in [0.15, 0.2) is 0 Å². The molecule has 2 aromatic carbocycles.